The molecular weight excluding hydrogens is 364 g/mol. The lowest BCUT2D eigenvalue weighted by atomic mass is 10.1. The fraction of sp³-hybridized carbons (Fsp3) is 0.174. The first kappa shape index (κ1) is 18.7. The second kappa shape index (κ2) is 7.39. The van der Waals surface area contributed by atoms with E-state index in [1.54, 1.807) is 12.4 Å². The number of aromatic nitrogens is 3. The van der Waals surface area contributed by atoms with Crippen LogP contribution in [0.1, 0.15) is 28.4 Å². The minimum Gasteiger partial charge on any atom is -0.353 e. The monoisotopic (exact) mass is 386 g/mol. The molecule has 0 aliphatic carbocycles. The third-order valence-electron chi connectivity index (χ3n) is 4.81. The molecule has 0 fully saturated rings. The zero-order valence-corrected chi connectivity index (χ0v) is 16.6. The number of para-hydroxylation sites is 1. The summed E-state index contributed by atoms with van der Waals surface area (Å²) in [5.41, 5.74) is 4.46. The molecular formula is C23H22N4O2. The largest absolute Gasteiger partial charge is 0.353 e. The molecule has 2 heterocycles. The number of aryl methyl sites for hydroxylation is 3. The van der Waals surface area contributed by atoms with Gasteiger partial charge in [-0.05, 0) is 56.2 Å². The smallest absolute Gasteiger partial charge is 0.282 e. The maximum Gasteiger partial charge on any atom is 0.282 e. The summed E-state index contributed by atoms with van der Waals surface area (Å²) in [6, 6.07) is 15.1. The number of hydrogen-bond donors (Lipinski definition) is 1. The van der Waals surface area contributed by atoms with Crippen molar-refractivity contribution in [2.75, 3.05) is 5.32 Å². The van der Waals surface area contributed by atoms with Gasteiger partial charge in [-0.3, -0.25) is 9.59 Å². The number of carbonyl (C=O) groups excluding carboxylic acids is 1. The van der Waals surface area contributed by atoms with Crippen molar-refractivity contribution >= 4 is 11.6 Å². The Morgan fingerprint density at radius 2 is 1.72 bits per heavy atom. The van der Waals surface area contributed by atoms with Gasteiger partial charge in [-0.1, -0.05) is 24.3 Å². The van der Waals surface area contributed by atoms with Crippen LogP contribution in [-0.4, -0.2) is 20.3 Å². The van der Waals surface area contributed by atoms with Gasteiger partial charge in [0.2, 0.25) is 0 Å². The van der Waals surface area contributed by atoms with Crippen molar-refractivity contribution < 1.29 is 4.79 Å². The predicted molar refractivity (Wildman–Crippen MR) is 114 cm³/mol. The Balaban J connectivity index is 1.83. The van der Waals surface area contributed by atoms with E-state index in [2.05, 4.69) is 10.4 Å². The van der Waals surface area contributed by atoms with E-state index in [0.29, 0.717) is 29.1 Å². The van der Waals surface area contributed by atoms with Gasteiger partial charge in [0.05, 0.1) is 16.8 Å². The third kappa shape index (κ3) is 3.57. The van der Waals surface area contributed by atoms with Crippen LogP contribution in [0.25, 0.3) is 16.9 Å². The van der Waals surface area contributed by atoms with Crippen LogP contribution in [0.3, 0.4) is 0 Å². The number of benzene rings is 2. The molecule has 0 saturated heterocycles. The van der Waals surface area contributed by atoms with Crippen LogP contribution < -0.4 is 10.9 Å². The number of rotatable bonds is 4. The van der Waals surface area contributed by atoms with E-state index in [-0.39, 0.29) is 11.5 Å². The fourth-order valence-corrected chi connectivity index (χ4v) is 3.50. The van der Waals surface area contributed by atoms with Gasteiger partial charge < -0.3 is 9.88 Å². The van der Waals surface area contributed by atoms with Crippen LogP contribution in [0.2, 0.25) is 0 Å². The first-order valence-corrected chi connectivity index (χ1v) is 9.54. The van der Waals surface area contributed by atoms with Gasteiger partial charge in [-0.25, -0.2) is 0 Å². The zero-order chi connectivity index (χ0) is 20.5. The molecule has 2 aliphatic rings. The van der Waals surface area contributed by atoms with Crippen LogP contribution >= 0.6 is 0 Å². The van der Waals surface area contributed by atoms with Crippen LogP contribution in [0, 0.1) is 13.8 Å². The average Bonchev–Trinajstić information content (AvgIpc) is 3.03. The second-order valence-corrected chi connectivity index (χ2v) is 7.15. The molecule has 1 N–H and O–H groups in total. The van der Waals surface area contributed by atoms with Gasteiger partial charge in [0.25, 0.3) is 11.5 Å². The molecule has 0 unspecified atom stereocenters. The summed E-state index contributed by atoms with van der Waals surface area (Å²) in [7, 11) is 0. The molecule has 2 aliphatic heterocycles. The molecule has 0 saturated carbocycles. The highest BCUT2D eigenvalue weighted by Gasteiger charge is 2.24. The third-order valence-corrected chi connectivity index (χ3v) is 4.81. The van der Waals surface area contributed by atoms with Gasteiger partial charge in [0, 0.05) is 24.6 Å². The van der Waals surface area contributed by atoms with E-state index >= 15 is 0 Å². The van der Waals surface area contributed by atoms with Crippen molar-refractivity contribution in [3.63, 3.8) is 0 Å². The summed E-state index contributed by atoms with van der Waals surface area (Å²) in [4.78, 5) is 26.1. The maximum absolute atomic E-state index is 13.1. The summed E-state index contributed by atoms with van der Waals surface area (Å²) in [6.07, 6.45) is 3.49. The number of hydrogen-bond acceptors (Lipinski definition) is 3. The summed E-state index contributed by atoms with van der Waals surface area (Å²) >= 11 is 0. The molecule has 4 rings (SSSR count). The topological polar surface area (TPSA) is 68.9 Å². The van der Waals surface area contributed by atoms with Crippen LogP contribution in [0.4, 0.5) is 5.69 Å². The molecule has 0 spiro atoms. The Labute approximate surface area is 168 Å². The maximum atomic E-state index is 13.1. The molecule has 29 heavy (non-hydrogen) atoms. The molecule has 146 valence electrons. The van der Waals surface area contributed by atoms with E-state index in [9.17, 15) is 9.59 Å². The summed E-state index contributed by atoms with van der Waals surface area (Å²) in [6.45, 7) is 6.57. The second-order valence-electron chi connectivity index (χ2n) is 7.15. The van der Waals surface area contributed by atoms with E-state index in [1.165, 1.54) is 4.68 Å². The van der Waals surface area contributed by atoms with E-state index in [0.717, 1.165) is 16.8 Å². The Kier molecular flexibility index (Phi) is 4.76. The Hall–Kier alpha value is -3.67. The summed E-state index contributed by atoms with van der Waals surface area (Å²) < 4.78 is 3.18. The molecule has 6 heteroatoms. The van der Waals surface area contributed by atoms with Crippen molar-refractivity contribution in [2.24, 2.45) is 0 Å². The van der Waals surface area contributed by atoms with Crippen LogP contribution in [0.5, 0.6) is 0 Å². The SMILES string of the molecule is CCn1cc(C(=O)Nc2cc(C)cc(C)c2)c2nn(-c3ccccc3)c(=O)c-2c1. The minimum absolute atomic E-state index is 0.241. The van der Waals surface area contributed by atoms with Crippen molar-refractivity contribution in [2.45, 2.75) is 27.3 Å². The van der Waals surface area contributed by atoms with Gasteiger partial charge in [0.1, 0.15) is 5.69 Å². The van der Waals surface area contributed by atoms with Gasteiger partial charge in [-0.15, -0.1) is 0 Å². The molecule has 0 aromatic heterocycles. The standard InChI is InChI=1S/C23H22N4O2/c1-4-26-13-19(22(28)24-17-11-15(2)10-16(3)12-17)21-20(14-26)23(29)27(25-21)18-8-6-5-7-9-18/h5-14H,4H2,1-3H3,(H,24,28). The summed E-state index contributed by atoms with van der Waals surface area (Å²) in [5.74, 6) is -0.291. The molecule has 2 aromatic carbocycles. The highest BCUT2D eigenvalue weighted by atomic mass is 16.2. The lowest BCUT2D eigenvalue weighted by molar-refractivity contribution is 0.102. The van der Waals surface area contributed by atoms with Crippen molar-refractivity contribution in [1.82, 2.24) is 14.3 Å². The molecule has 0 radical (unpaired) electrons. The molecule has 0 atom stereocenters. The van der Waals surface area contributed by atoms with E-state index < -0.39 is 0 Å². The molecule has 6 nitrogen and oxygen atoms in total. The van der Waals surface area contributed by atoms with Gasteiger partial charge in [-0.2, -0.15) is 9.78 Å². The van der Waals surface area contributed by atoms with Crippen molar-refractivity contribution in [1.29, 1.82) is 0 Å². The highest BCUT2D eigenvalue weighted by molar-refractivity contribution is 6.08. The Morgan fingerprint density at radius 3 is 2.38 bits per heavy atom. The minimum atomic E-state index is -0.291. The first-order valence-electron chi connectivity index (χ1n) is 9.54. The Bertz CT molecular complexity index is 1200. The Morgan fingerprint density at radius 1 is 1.03 bits per heavy atom. The number of pyridine rings is 1. The summed E-state index contributed by atoms with van der Waals surface area (Å²) in [5, 5.41) is 7.43. The number of nitrogens with one attached hydrogen (secondary N) is 1. The average molecular weight is 386 g/mol. The quantitative estimate of drug-likeness (QED) is 0.576. The van der Waals surface area contributed by atoms with Gasteiger partial charge >= 0.3 is 0 Å². The molecule has 2 aromatic rings. The predicted octanol–water partition coefficient (Wildman–Crippen LogP) is 4.03. The number of nitrogens with zero attached hydrogens (tertiary/aromatic N) is 3. The number of amides is 1. The van der Waals surface area contributed by atoms with E-state index in [1.807, 2.05) is 73.9 Å². The number of anilines is 1. The first-order chi connectivity index (χ1) is 14.0. The lowest BCUT2D eigenvalue weighted by Gasteiger charge is -2.12. The number of fused-ring (bicyclic) bond motifs is 1. The zero-order valence-electron chi connectivity index (χ0n) is 16.6. The van der Waals surface area contributed by atoms with E-state index in [4.69, 9.17) is 0 Å². The normalized spacial score (nSPS) is 11.0. The lowest BCUT2D eigenvalue weighted by Crippen LogP contribution is -2.17. The molecule has 1 amide bonds. The van der Waals surface area contributed by atoms with Crippen molar-refractivity contribution in [3.8, 4) is 16.9 Å². The molecule has 0 bridgehead atoms. The van der Waals surface area contributed by atoms with Crippen LogP contribution in [-0.2, 0) is 6.54 Å². The fourth-order valence-electron chi connectivity index (χ4n) is 3.50. The van der Waals surface area contributed by atoms with Crippen LogP contribution in [0.15, 0.2) is 65.7 Å². The van der Waals surface area contributed by atoms with Crippen molar-refractivity contribution in [3.05, 3.63) is 88.0 Å². The highest BCUT2D eigenvalue weighted by Crippen LogP contribution is 2.24. The number of carbonyl (C=O) groups is 1. The van der Waals surface area contributed by atoms with Gasteiger partial charge in [0.15, 0.2) is 0 Å².